The van der Waals surface area contributed by atoms with Crippen molar-refractivity contribution in [1.82, 2.24) is 9.55 Å². The first-order chi connectivity index (χ1) is 10.1. The number of phenols is 1. The monoisotopic (exact) mass is 298 g/mol. The highest BCUT2D eigenvalue weighted by atomic mass is 35.5. The maximum Gasteiger partial charge on any atom is 0.141 e. The van der Waals surface area contributed by atoms with Gasteiger partial charge in [0, 0.05) is 11.6 Å². The summed E-state index contributed by atoms with van der Waals surface area (Å²) in [5.74, 6) is 1.18. The molecule has 0 radical (unpaired) electrons. The number of benzene rings is 2. The Balaban J connectivity index is 2.01. The quantitative estimate of drug-likeness (QED) is 0.744. The van der Waals surface area contributed by atoms with Crippen molar-refractivity contribution >= 4 is 22.6 Å². The van der Waals surface area contributed by atoms with Gasteiger partial charge in [-0.15, -0.1) is 0 Å². The van der Waals surface area contributed by atoms with Gasteiger partial charge in [0.2, 0.25) is 0 Å². The lowest BCUT2D eigenvalue weighted by Gasteiger charge is -2.09. The van der Waals surface area contributed by atoms with Crippen molar-refractivity contribution in [3.8, 4) is 17.1 Å². The first-order valence-corrected chi connectivity index (χ1v) is 7.49. The average Bonchev–Trinajstić information content (AvgIpc) is 3.22. The normalized spacial score (nSPS) is 14.8. The first kappa shape index (κ1) is 12.7. The number of para-hydroxylation sites is 1. The van der Waals surface area contributed by atoms with Gasteiger partial charge in [0.15, 0.2) is 0 Å². The van der Waals surface area contributed by atoms with E-state index in [0.29, 0.717) is 11.8 Å². The largest absolute Gasteiger partial charge is 0.508 e. The Bertz CT molecular complexity index is 849. The minimum Gasteiger partial charge on any atom is -0.508 e. The van der Waals surface area contributed by atoms with Crippen LogP contribution in [0.5, 0.6) is 5.75 Å². The van der Waals surface area contributed by atoms with Crippen molar-refractivity contribution in [2.75, 3.05) is 0 Å². The van der Waals surface area contributed by atoms with E-state index >= 15 is 0 Å². The zero-order chi connectivity index (χ0) is 14.6. The van der Waals surface area contributed by atoms with Gasteiger partial charge in [-0.3, -0.25) is 0 Å². The van der Waals surface area contributed by atoms with Gasteiger partial charge in [-0.05, 0) is 43.5 Å². The Hall–Kier alpha value is -2.00. The fourth-order valence-electron chi connectivity index (χ4n) is 2.75. The minimum atomic E-state index is 0.299. The van der Waals surface area contributed by atoms with Crippen LogP contribution in [0.1, 0.15) is 24.4 Å². The zero-order valence-corrected chi connectivity index (χ0v) is 12.4. The molecule has 0 bridgehead atoms. The Labute approximate surface area is 127 Å². The number of nitrogens with zero attached hydrogens (tertiary/aromatic N) is 2. The molecule has 2 aromatic carbocycles. The Morgan fingerprint density at radius 2 is 2.05 bits per heavy atom. The summed E-state index contributed by atoms with van der Waals surface area (Å²) in [6, 6.07) is 12.0. The molecule has 0 atom stereocenters. The van der Waals surface area contributed by atoms with Crippen LogP contribution in [0.4, 0.5) is 0 Å². The molecular formula is C17H15ClN2O. The van der Waals surface area contributed by atoms with E-state index in [4.69, 9.17) is 16.6 Å². The van der Waals surface area contributed by atoms with Gasteiger partial charge in [-0.1, -0.05) is 29.8 Å². The van der Waals surface area contributed by atoms with Crippen LogP contribution in [-0.2, 0) is 0 Å². The summed E-state index contributed by atoms with van der Waals surface area (Å²) < 4.78 is 2.22. The summed E-state index contributed by atoms with van der Waals surface area (Å²) in [4.78, 5) is 4.74. The smallest absolute Gasteiger partial charge is 0.141 e. The van der Waals surface area contributed by atoms with E-state index < -0.39 is 0 Å². The summed E-state index contributed by atoms with van der Waals surface area (Å²) in [6.45, 7) is 1.89. The number of aromatic nitrogens is 2. The molecule has 1 aliphatic carbocycles. The maximum absolute atomic E-state index is 9.97. The molecule has 0 aliphatic heterocycles. The molecular weight excluding hydrogens is 284 g/mol. The summed E-state index contributed by atoms with van der Waals surface area (Å²) in [6.07, 6.45) is 2.31. The highest BCUT2D eigenvalue weighted by Crippen LogP contribution is 2.43. The van der Waals surface area contributed by atoms with E-state index in [0.717, 1.165) is 45.8 Å². The van der Waals surface area contributed by atoms with Crippen molar-refractivity contribution in [2.45, 2.75) is 25.8 Å². The SMILES string of the molecule is Cc1ccc(-c2nc3cccc(Cl)c3n2C2CC2)cc1O. The third kappa shape index (κ3) is 2.00. The molecule has 106 valence electrons. The van der Waals surface area contributed by atoms with Crippen LogP contribution in [0.25, 0.3) is 22.4 Å². The van der Waals surface area contributed by atoms with Crippen molar-refractivity contribution in [3.05, 3.63) is 47.0 Å². The topological polar surface area (TPSA) is 38.0 Å². The number of aryl methyl sites for hydroxylation is 1. The second-order valence-corrected chi connectivity index (χ2v) is 6.05. The fourth-order valence-corrected chi connectivity index (χ4v) is 3.01. The molecule has 3 aromatic rings. The first-order valence-electron chi connectivity index (χ1n) is 7.11. The average molecular weight is 299 g/mol. The minimum absolute atomic E-state index is 0.299. The number of hydrogen-bond donors (Lipinski definition) is 1. The van der Waals surface area contributed by atoms with E-state index in [1.54, 1.807) is 6.07 Å². The molecule has 1 fully saturated rings. The van der Waals surface area contributed by atoms with Gasteiger partial charge in [-0.25, -0.2) is 4.98 Å². The van der Waals surface area contributed by atoms with E-state index in [9.17, 15) is 5.11 Å². The highest BCUT2D eigenvalue weighted by Gasteiger charge is 2.29. The molecule has 0 unspecified atom stereocenters. The number of rotatable bonds is 2. The predicted octanol–water partition coefficient (Wildman–Crippen LogP) is 4.71. The van der Waals surface area contributed by atoms with E-state index in [-0.39, 0.29) is 0 Å². The number of aromatic hydroxyl groups is 1. The lowest BCUT2D eigenvalue weighted by molar-refractivity contribution is 0.471. The molecule has 1 heterocycles. The number of fused-ring (bicyclic) bond motifs is 1. The lowest BCUT2D eigenvalue weighted by Crippen LogP contribution is -1.97. The summed E-state index contributed by atoms with van der Waals surface area (Å²) in [5.41, 5.74) is 3.70. The van der Waals surface area contributed by atoms with E-state index in [1.807, 2.05) is 37.3 Å². The standard InChI is InChI=1S/C17H15ClN2O/c1-10-5-6-11(9-15(10)21)17-19-14-4-2-3-13(18)16(14)20(17)12-7-8-12/h2-6,9,12,21H,7-8H2,1H3. The predicted molar refractivity (Wildman–Crippen MR) is 84.9 cm³/mol. The lowest BCUT2D eigenvalue weighted by atomic mass is 10.1. The molecule has 1 aliphatic rings. The number of halogens is 1. The van der Waals surface area contributed by atoms with Crippen molar-refractivity contribution in [3.63, 3.8) is 0 Å². The van der Waals surface area contributed by atoms with E-state index in [2.05, 4.69) is 4.57 Å². The molecule has 21 heavy (non-hydrogen) atoms. The van der Waals surface area contributed by atoms with Crippen molar-refractivity contribution < 1.29 is 5.11 Å². The summed E-state index contributed by atoms with van der Waals surface area (Å²) in [7, 11) is 0. The van der Waals surface area contributed by atoms with Crippen LogP contribution in [-0.4, -0.2) is 14.7 Å². The van der Waals surface area contributed by atoms with Gasteiger partial charge in [-0.2, -0.15) is 0 Å². The Morgan fingerprint density at radius 3 is 2.76 bits per heavy atom. The van der Waals surface area contributed by atoms with Crippen LogP contribution >= 0.6 is 11.6 Å². The van der Waals surface area contributed by atoms with Gasteiger partial charge < -0.3 is 9.67 Å². The fraction of sp³-hybridized carbons (Fsp3) is 0.235. The Kier molecular flexibility index (Phi) is 2.73. The second kappa shape index (κ2) is 4.50. The number of phenolic OH excluding ortho intramolecular Hbond substituents is 1. The maximum atomic E-state index is 9.97. The van der Waals surface area contributed by atoms with Crippen LogP contribution in [0.15, 0.2) is 36.4 Å². The van der Waals surface area contributed by atoms with Crippen LogP contribution in [0.2, 0.25) is 5.02 Å². The molecule has 0 amide bonds. The molecule has 3 nitrogen and oxygen atoms in total. The van der Waals surface area contributed by atoms with Gasteiger partial charge in [0.1, 0.15) is 11.6 Å². The van der Waals surface area contributed by atoms with Gasteiger partial charge >= 0.3 is 0 Å². The molecule has 0 spiro atoms. The third-order valence-electron chi connectivity index (χ3n) is 4.04. The second-order valence-electron chi connectivity index (χ2n) is 5.65. The highest BCUT2D eigenvalue weighted by molar-refractivity contribution is 6.35. The molecule has 0 saturated heterocycles. The Morgan fingerprint density at radius 1 is 1.24 bits per heavy atom. The molecule has 4 heteroatoms. The van der Waals surface area contributed by atoms with Crippen molar-refractivity contribution in [2.24, 2.45) is 0 Å². The third-order valence-corrected chi connectivity index (χ3v) is 4.35. The van der Waals surface area contributed by atoms with Crippen LogP contribution in [0, 0.1) is 6.92 Å². The number of hydrogen-bond acceptors (Lipinski definition) is 2. The zero-order valence-electron chi connectivity index (χ0n) is 11.7. The number of imidazole rings is 1. The van der Waals surface area contributed by atoms with Crippen LogP contribution in [0.3, 0.4) is 0 Å². The summed E-state index contributed by atoms with van der Waals surface area (Å²) in [5, 5.41) is 10.7. The molecule has 1 N–H and O–H groups in total. The van der Waals surface area contributed by atoms with Gasteiger partial charge in [0.05, 0.1) is 16.1 Å². The molecule has 1 aromatic heterocycles. The van der Waals surface area contributed by atoms with E-state index in [1.165, 1.54) is 0 Å². The van der Waals surface area contributed by atoms with Crippen molar-refractivity contribution in [1.29, 1.82) is 0 Å². The summed E-state index contributed by atoms with van der Waals surface area (Å²) >= 11 is 6.38. The molecule has 1 saturated carbocycles. The van der Waals surface area contributed by atoms with Gasteiger partial charge in [0.25, 0.3) is 0 Å². The van der Waals surface area contributed by atoms with Crippen LogP contribution < -0.4 is 0 Å². The molecule has 4 rings (SSSR count).